The highest BCUT2D eigenvalue weighted by molar-refractivity contribution is 4.72. The highest BCUT2D eigenvalue weighted by Gasteiger charge is 1.77. The van der Waals surface area contributed by atoms with Crippen molar-refractivity contribution in [2.45, 2.75) is 6.92 Å². The topological polar surface area (TPSA) is 35.5 Å². The quantitative estimate of drug-likeness (QED) is 0.383. The maximum absolute atomic E-state index is 9.89. The van der Waals surface area contributed by atoms with E-state index in [4.69, 9.17) is 0 Å². The van der Waals surface area contributed by atoms with Crippen molar-refractivity contribution in [2.75, 3.05) is 7.05 Å². The molecule has 0 aromatic rings. The van der Waals surface area contributed by atoms with Gasteiger partial charge in [-0.25, -0.2) is 5.23 Å². The molecule has 3 heteroatoms. The van der Waals surface area contributed by atoms with Gasteiger partial charge in [-0.3, -0.25) is 0 Å². The third-order valence-corrected chi connectivity index (χ3v) is 0.284. The molecular formula is C4H8NO2-. The van der Waals surface area contributed by atoms with Crippen molar-refractivity contribution < 1.29 is 4.84 Å². The minimum absolute atomic E-state index is 0.350. The Kier molecular flexibility index (Phi) is 2.40. The van der Waals surface area contributed by atoms with E-state index >= 15 is 0 Å². The van der Waals surface area contributed by atoms with Crippen LogP contribution in [-0.2, 0) is 4.84 Å². The van der Waals surface area contributed by atoms with Gasteiger partial charge in [-0.2, -0.15) is 0 Å². The maximum Gasteiger partial charge on any atom is 0.113 e. The lowest BCUT2D eigenvalue weighted by Gasteiger charge is -2.21. The van der Waals surface area contributed by atoms with Crippen LogP contribution in [0.5, 0.6) is 0 Å². The minimum Gasteiger partial charge on any atom is -0.753 e. The second-order valence-corrected chi connectivity index (χ2v) is 1.23. The molecule has 0 fully saturated rings. The first kappa shape index (κ1) is 6.46. The van der Waals surface area contributed by atoms with Crippen molar-refractivity contribution in [3.8, 4) is 0 Å². The van der Waals surface area contributed by atoms with Crippen LogP contribution >= 0.6 is 0 Å². The van der Waals surface area contributed by atoms with Gasteiger partial charge in [-0.15, -0.1) is 0 Å². The third-order valence-electron chi connectivity index (χ3n) is 0.284. The van der Waals surface area contributed by atoms with E-state index in [1.165, 1.54) is 7.05 Å². The predicted molar refractivity (Wildman–Crippen MR) is 27.0 cm³/mol. The van der Waals surface area contributed by atoms with Crippen molar-refractivity contribution in [3.05, 3.63) is 17.5 Å². The summed E-state index contributed by atoms with van der Waals surface area (Å²) in [6, 6.07) is 0. The molecule has 0 amide bonds. The number of rotatable bonds is 2. The number of hydrogen-bond acceptors (Lipinski definition) is 3. The van der Waals surface area contributed by atoms with E-state index in [9.17, 15) is 5.21 Å². The molecule has 0 aliphatic rings. The van der Waals surface area contributed by atoms with Gasteiger partial charge in [0.25, 0.3) is 0 Å². The second kappa shape index (κ2) is 2.60. The van der Waals surface area contributed by atoms with Crippen LogP contribution < -0.4 is 0 Å². The van der Waals surface area contributed by atoms with Crippen LogP contribution in [0.15, 0.2) is 12.3 Å². The fourth-order valence-corrected chi connectivity index (χ4v) is 0.219. The lowest BCUT2D eigenvalue weighted by atomic mass is 10.7. The summed E-state index contributed by atoms with van der Waals surface area (Å²) in [6.07, 6.45) is 0. The molecule has 0 spiro atoms. The van der Waals surface area contributed by atoms with E-state index in [0.717, 1.165) is 0 Å². The van der Waals surface area contributed by atoms with Gasteiger partial charge in [-0.05, 0) is 6.92 Å². The lowest BCUT2D eigenvalue weighted by Crippen LogP contribution is -2.07. The Hall–Kier alpha value is -0.540. The average Bonchev–Trinajstić information content (AvgIpc) is 1.27. The summed E-state index contributed by atoms with van der Waals surface area (Å²) in [7, 11) is 1.26. The fourth-order valence-electron chi connectivity index (χ4n) is 0.219. The Morgan fingerprint density at radius 2 is 2.29 bits per heavy atom. The molecule has 42 valence electrons. The van der Waals surface area contributed by atoms with Gasteiger partial charge in [0.15, 0.2) is 0 Å². The van der Waals surface area contributed by atoms with Crippen LogP contribution in [0.2, 0.25) is 0 Å². The van der Waals surface area contributed by atoms with E-state index < -0.39 is 0 Å². The van der Waals surface area contributed by atoms with Crippen molar-refractivity contribution in [1.29, 1.82) is 0 Å². The molecule has 0 aromatic heterocycles. The van der Waals surface area contributed by atoms with Crippen LogP contribution in [0.4, 0.5) is 0 Å². The molecule has 0 aliphatic heterocycles. The van der Waals surface area contributed by atoms with Crippen molar-refractivity contribution >= 4 is 0 Å². The average molecular weight is 102 g/mol. The Balaban J connectivity index is 3.13. The van der Waals surface area contributed by atoms with Gasteiger partial charge >= 0.3 is 0 Å². The smallest absolute Gasteiger partial charge is 0.113 e. The van der Waals surface area contributed by atoms with Crippen LogP contribution in [-0.4, -0.2) is 12.3 Å². The van der Waals surface area contributed by atoms with E-state index in [1.807, 2.05) is 0 Å². The summed E-state index contributed by atoms with van der Waals surface area (Å²) < 4.78 is 0. The largest absolute Gasteiger partial charge is 0.753 e. The first-order valence-corrected chi connectivity index (χ1v) is 1.87. The van der Waals surface area contributed by atoms with Gasteiger partial charge < -0.3 is 10.0 Å². The molecule has 0 atom stereocenters. The molecule has 0 radical (unpaired) electrons. The van der Waals surface area contributed by atoms with E-state index in [-0.39, 0.29) is 0 Å². The Bertz CT molecular complexity index is 70.1. The van der Waals surface area contributed by atoms with Crippen LogP contribution in [0, 0.1) is 5.21 Å². The number of nitrogens with zero attached hydrogens (tertiary/aromatic N) is 1. The fraction of sp³-hybridized carbons (Fsp3) is 0.500. The van der Waals surface area contributed by atoms with Crippen LogP contribution in [0.1, 0.15) is 6.92 Å². The zero-order valence-electron chi connectivity index (χ0n) is 4.47. The Morgan fingerprint density at radius 3 is 2.29 bits per heavy atom. The van der Waals surface area contributed by atoms with Gasteiger partial charge in [-0.1, -0.05) is 6.58 Å². The standard InChI is InChI=1S/C4H8NO2/c1-4(2)7-5(3)6/h1H2,2-3H3/q-1. The SMILES string of the molecule is C=C(C)ON(C)[O-]. The zero-order chi connectivity index (χ0) is 5.86. The van der Waals surface area contributed by atoms with E-state index in [2.05, 4.69) is 11.4 Å². The molecule has 0 rings (SSSR count). The van der Waals surface area contributed by atoms with E-state index in [1.54, 1.807) is 6.92 Å². The second-order valence-electron chi connectivity index (χ2n) is 1.23. The molecular weight excluding hydrogens is 94.0 g/mol. The highest BCUT2D eigenvalue weighted by Crippen LogP contribution is 1.90. The molecule has 0 saturated heterocycles. The first-order chi connectivity index (χ1) is 3.13. The first-order valence-electron chi connectivity index (χ1n) is 1.87. The monoisotopic (exact) mass is 102 g/mol. The molecule has 3 nitrogen and oxygen atoms in total. The molecule has 7 heavy (non-hydrogen) atoms. The van der Waals surface area contributed by atoms with Crippen LogP contribution in [0.3, 0.4) is 0 Å². The van der Waals surface area contributed by atoms with Gasteiger partial charge in [0.05, 0.1) is 0 Å². The maximum atomic E-state index is 9.89. The third kappa shape index (κ3) is 5.46. The summed E-state index contributed by atoms with van der Waals surface area (Å²) in [5, 5.41) is 10.2. The van der Waals surface area contributed by atoms with E-state index in [0.29, 0.717) is 11.0 Å². The summed E-state index contributed by atoms with van der Waals surface area (Å²) >= 11 is 0. The normalized spacial score (nSPS) is 9.14. The summed E-state index contributed by atoms with van der Waals surface area (Å²) in [6.45, 7) is 4.94. The van der Waals surface area contributed by atoms with Gasteiger partial charge in [0.1, 0.15) is 5.76 Å². The number of allylic oxidation sites excluding steroid dienone is 1. The zero-order valence-corrected chi connectivity index (χ0v) is 4.47. The Labute approximate surface area is 42.7 Å². The predicted octanol–water partition coefficient (Wildman–Crippen LogP) is 0.881. The summed E-state index contributed by atoms with van der Waals surface area (Å²) in [5.41, 5.74) is 0. The molecule has 0 bridgehead atoms. The number of hydroxylamine groups is 2. The number of hydrogen-bond donors (Lipinski definition) is 0. The molecule has 0 saturated carbocycles. The molecule has 0 unspecified atom stereocenters. The molecule has 0 heterocycles. The van der Waals surface area contributed by atoms with Crippen molar-refractivity contribution in [2.24, 2.45) is 0 Å². The van der Waals surface area contributed by atoms with Crippen molar-refractivity contribution in [3.63, 3.8) is 0 Å². The molecule has 0 aliphatic carbocycles. The summed E-state index contributed by atoms with van der Waals surface area (Å²) in [4.78, 5) is 4.33. The summed E-state index contributed by atoms with van der Waals surface area (Å²) in [5.74, 6) is 0.400. The lowest BCUT2D eigenvalue weighted by molar-refractivity contribution is -0.0500. The minimum atomic E-state index is 0.350. The molecule has 0 N–H and O–H groups in total. The Morgan fingerprint density at radius 1 is 1.86 bits per heavy atom. The van der Waals surface area contributed by atoms with Gasteiger partial charge in [0.2, 0.25) is 0 Å². The van der Waals surface area contributed by atoms with Crippen LogP contribution in [0.25, 0.3) is 0 Å². The molecule has 0 aromatic carbocycles. The highest BCUT2D eigenvalue weighted by atomic mass is 16.9. The van der Waals surface area contributed by atoms with Gasteiger partial charge in [0, 0.05) is 7.05 Å². The van der Waals surface area contributed by atoms with Crippen molar-refractivity contribution in [1.82, 2.24) is 5.23 Å².